The van der Waals surface area contributed by atoms with E-state index in [1.54, 1.807) is 0 Å². The molecule has 0 bridgehead atoms. The second-order valence-corrected chi connectivity index (χ2v) is 2.57. The van der Waals surface area contributed by atoms with Crippen LogP contribution in [0.1, 0.15) is 26.7 Å². The summed E-state index contributed by atoms with van der Waals surface area (Å²) in [5, 5.41) is 0. The molecule has 0 aliphatic heterocycles. The van der Waals surface area contributed by atoms with Crippen molar-refractivity contribution in [3.63, 3.8) is 0 Å². The average Bonchev–Trinajstić information content (AvgIpc) is 1.80. The third kappa shape index (κ3) is 7.54. The first-order valence-corrected chi connectivity index (χ1v) is 3.50. The van der Waals surface area contributed by atoms with Gasteiger partial charge in [0.1, 0.15) is 0 Å². The quantitative estimate of drug-likeness (QED) is 0.408. The van der Waals surface area contributed by atoms with E-state index < -0.39 is 0 Å². The van der Waals surface area contributed by atoms with Crippen LogP contribution in [0.3, 0.4) is 0 Å². The second-order valence-electron chi connectivity index (χ2n) is 2.57. The Morgan fingerprint density at radius 2 is 2.22 bits per heavy atom. The minimum atomic E-state index is 0.790. The van der Waals surface area contributed by atoms with Gasteiger partial charge in [0.15, 0.2) is 0 Å². The molecule has 0 saturated heterocycles. The summed E-state index contributed by atoms with van der Waals surface area (Å²) < 4.78 is 4.95. The van der Waals surface area contributed by atoms with E-state index in [0.29, 0.717) is 0 Å². The Labute approximate surface area is 57.7 Å². The molecule has 0 N–H and O–H groups in total. The molecule has 0 heterocycles. The van der Waals surface area contributed by atoms with Crippen LogP contribution in [0.15, 0.2) is 12.8 Å². The molecule has 0 aliphatic rings. The third-order valence-electron chi connectivity index (χ3n) is 1.16. The molecule has 0 rings (SSSR count). The normalized spacial score (nSPS) is 9.67. The Morgan fingerprint density at radius 1 is 1.56 bits per heavy atom. The third-order valence-corrected chi connectivity index (χ3v) is 1.16. The smallest absolute Gasteiger partial charge is 0.0873 e. The molecule has 0 unspecified atom stereocenters. The Bertz CT molecular complexity index is 67.0. The summed E-state index contributed by atoms with van der Waals surface area (Å²) >= 11 is 0. The van der Waals surface area contributed by atoms with E-state index in [4.69, 9.17) is 4.74 Å². The molecule has 54 valence electrons. The van der Waals surface area contributed by atoms with Crippen molar-refractivity contribution in [3.8, 4) is 0 Å². The van der Waals surface area contributed by atoms with Crippen molar-refractivity contribution < 1.29 is 4.74 Å². The second kappa shape index (κ2) is 5.67. The van der Waals surface area contributed by atoms with E-state index in [1.807, 2.05) is 0 Å². The van der Waals surface area contributed by atoms with Crippen LogP contribution in [-0.4, -0.2) is 6.61 Å². The van der Waals surface area contributed by atoms with Crippen molar-refractivity contribution in [2.75, 3.05) is 6.61 Å². The molecule has 0 radical (unpaired) electrons. The first-order valence-electron chi connectivity index (χ1n) is 3.50. The average molecular weight is 128 g/mol. The zero-order valence-electron chi connectivity index (χ0n) is 6.39. The number of ether oxygens (including phenoxy) is 1. The van der Waals surface area contributed by atoms with Crippen molar-refractivity contribution in [2.45, 2.75) is 26.7 Å². The molecule has 0 aromatic heterocycles. The molecule has 0 aromatic carbocycles. The van der Waals surface area contributed by atoms with Gasteiger partial charge >= 0.3 is 0 Å². The highest BCUT2D eigenvalue weighted by Gasteiger charge is 1.91. The van der Waals surface area contributed by atoms with E-state index in [2.05, 4.69) is 20.4 Å². The van der Waals surface area contributed by atoms with E-state index in [0.717, 1.165) is 18.9 Å². The maximum absolute atomic E-state index is 4.95. The molecule has 0 fully saturated rings. The zero-order chi connectivity index (χ0) is 7.11. The highest BCUT2D eigenvalue weighted by molar-refractivity contribution is 4.50. The maximum Gasteiger partial charge on any atom is 0.0873 e. The largest absolute Gasteiger partial charge is 0.502 e. The van der Waals surface area contributed by atoms with E-state index in [-0.39, 0.29) is 0 Å². The summed E-state index contributed by atoms with van der Waals surface area (Å²) in [6.45, 7) is 8.71. The lowest BCUT2D eigenvalue weighted by Gasteiger charge is -2.02. The first kappa shape index (κ1) is 8.54. The van der Waals surface area contributed by atoms with Crippen LogP contribution in [-0.2, 0) is 4.74 Å². The highest BCUT2D eigenvalue weighted by atomic mass is 16.5. The standard InChI is InChI=1S/C8H16O/c1-4-9-7-5-6-8(2)3/h4,8H,1,5-7H2,2-3H3. The van der Waals surface area contributed by atoms with Gasteiger partial charge in [0, 0.05) is 0 Å². The molecule has 1 nitrogen and oxygen atoms in total. The Hall–Kier alpha value is -0.460. The fraction of sp³-hybridized carbons (Fsp3) is 0.750. The summed E-state index contributed by atoms with van der Waals surface area (Å²) in [5.41, 5.74) is 0. The van der Waals surface area contributed by atoms with Crippen LogP contribution in [0.4, 0.5) is 0 Å². The van der Waals surface area contributed by atoms with E-state index in [1.165, 1.54) is 12.7 Å². The molecule has 9 heavy (non-hydrogen) atoms. The zero-order valence-corrected chi connectivity index (χ0v) is 6.39. The Kier molecular flexibility index (Phi) is 5.38. The van der Waals surface area contributed by atoms with Gasteiger partial charge in [-0.15, -0.1) is 0 Å². The van der Waals surface area contributed by atoms with Crippen molar-refractivity contribution in [1.82, 2.24) is 0 Å². The van der Waals surface area contributed by atoms with Crippen molar-refractivity contribution in [3.05, 3.63) is 12.8 Å². The van der Waals surface area contributed by atoms with Gasteiger partial charge in [0.05, 0.1) is 12.9 Å². The molecular formula is C8H16O. The van der Waals surface area contributed by atoms with Gasteiger partial charge in [0.2, 0.25) is 0 Å². The fourth-order valence-corrected chi connectivity index (χ4v) is 0.658. The molecule has 0 spiro atoms. The van der Waals surface area contributed by atoms with Gasteiger partial charge in [0.25, 0.3) is 0 Å². The van der Waals surface area contributed by atoms with Gasteiger partial charge < -0.3 is 4.74 Å². The highest BCUT2D eigenvalue weighted by Crippen LogP contribution is 2.02. The van der Waals surface area contributed by atoms with Gasteiger partial charge in [-0.2, -0.15) is 0 Å². The topological polar surface area (TPSA) is 9.23 Å². The van der Waals surface area contributed by atoms with E-state index in [9.17, 15) is 0 Å². The van der Waals surface area contributed by atoms with Crippen molar-refractivity contribution in [2.24, 2.45) is 5.92 Å². The van der Waals surface area contributed by atoms with Crippen LogP contribution in [0, 0.1) is 5.92 Å². The number of rotatable bonds is 5. The van der Waals surface area contributed by atoms with Gasteiger partial charge in [-0.3, -0.25) is 0 Å². The van der Waals surface area contributed by atoms with Crippen LogP contribution in [0.5, 0.6) is 0 Å². The molecule has 1 heteroatoms. The molecular weight excluding hydrogens is 112 g/mol. The van der Waals surface area contributed by atoms with Crippen LogP contribution in [0.2, 0.25) is 0 Å². The predicted octanol–water partition coefficient (Wildman–Crippen LogP) is 2.58. The lowest BCUT2D eigenvalue weighted by atomic mass is 10.1. The first-order chi connectivity index (χ1) is 4.27. The Balaban J connectivity index is 2.82. The van der Waals surface area contributed by atoms with Crippen molar-refractivity contribution >= 4 is 0 Å². The summed E-state index contributed by atoms with van der Waals surface area (Å²) in [7, 11) is 0. The van der Waals surface area contributed by atoms with Crippen LogP contribution >= 0.6 is 0 Å². The van der Waals surface area contributed by atoms with Crippen LogP contribution < -0.4 is 0 Å². The minimum absolute atomic E-state index is 0.790. The maximum atomic E-state index is 4.95. The SMILES string of the molecule is C=COCCCC(C)C. The molecule has 0 atom stereocenters. The number of hydrogen-bond donors (Lipinski definition) is 0. The van der Waals surface area contributed by atoms with Crippen LogP contribution in [0.25, 0.3) is 0 Å². The molecule has 0 saturated carbocycles. The van der Waals surface area contributed by atoms with Gasteiger partial charge in [-0.25, -0.2) is 0 Å². The monoisotopic (exact) mass is 128 g/mol. The fourth-order valence-electron chi connectivity index (χ4n) is 0.658. The summed E-state index contributed by atoms with van der Waals surface area (Å²) in [6.07, 6.45) is 3.89. The molecule has 0 amide bonds. The van der Waals surface area contributed by atoms with Gasteiger partial charge in [-0.1, -0.05) is 20.4 Å². The molecule has 0 aromatic rings. The molecule has 0 aliphatic carbocycles. The lowest BCUT2D eigenvalue weighted by Crippen LogP contribution is -1.91. The Morgan fingerprint density at radius 3 is 2.67 bits per heavy atom. The van der Waals surface area contributed by atoms with Crippen molar-refractivity contribution in [1.29, 1.82) is 0 Å². The lowest BCUT2D eigenvalue weighted by molar-refractivity contribution is 0.237. The minimum Gasteiger partial charge on any atom is -0.502 e. The number of hydrogen-bond acceptors (Lipinski definition) is 1. The summed E-state index contributed by atoms with van der Waals surface area (Å²) in [5.74, 6) is 0.790. The predicted molar refractivity (Wildman–Crippen MR) is 40.2 cm³/mol. The van der Waals surface area contributed by atoms with Gasteiger partial charge in [-0.05, 0) is 18.8 Å². The summed E-state index contributed by atoms with van der Waals surface area (Å²) in [6, 6.07) is 0. The van der Waals surface area contributed by atoms with E-state index >= 15 is 0 Å². The summed E-state index contributed by atoms with van der Waals surface area (Å²) in [4.78, 5) is 0.